The molecule has 1 amide bonds. The van der Waals surface area contributed by atoms with Crippen LogP contribution < -0.4 is 10.5 Å². The van der Waals surface area contributed by atoms with E-state index in [1.54, 1.807) is 6.07 Å². The van der Waals surface area contributed by atoms with Gasteiger partial charge in [-0.2, -0.15) is 5.26 Å². The maximum Gasteiger partial charge on any atom is 0.223 e. The molecule has 6 nitrogen and oxygen atoms in total. The molecule has 6 heteroatoms. The summed E-state index contributed by atoms with van der Waals surface area (Å²) in [4.78, 5) is 13.9. The van der Waals surface area contributed by atoms with Crippen LogP contribution in [0.15, 0.2) is 24.3 Å². The molecule has 0 bridgehead atoms. The molecule has 0 radical (unpaired) electrons. The predicted molar refractivity (Wildman–Crippen MR) is 92.9 cm³/mol. The highest BCUT2D eigenvalue weighted by molar-refractivity contribution is 5.77. The maximum absolute atomic E-state index is 11.5. The number of amides is 1. The lowest BCUT2D eigenvalue weighted by atomic mass is 9.84. The number of nitriles is 1. The van der Waals surface area contributed by atoms with Crippen molar-refractivity contribution in [2.24, 2.45) is 17.6 Å². The summed E-state index contributed by atoms with van der Waals surface area (Å²) in [7, 11) is 0. The van der Waals surface area contributed by atoms with E-state index >= 15 is 0 Å². The average molecular weight is 343 g/mol. The molecule has 2 aliphatic heterocycles. The number of likely N-dealkylation sites (tertiary alicyclic amines) is 1. The Bertz CT molecular complexity index is 635. The topological polar surface area (TPSA) is 88.6 Å². The van der Waals surface area contributed by atoms with Crippen LogP contribution in [-0.4, -0.2) is 49.8 Å². The van der Waals surface area contributed by atoms with E-state index in [0.717, 1.165) is 38.9 Å². The lowest BCUT2D eigenvalue weighted by molar-refractivity contribution is -0.124. The van der Waals surface area contributed by atoms with Gasteiger partial charge in [0.1, 0.15) is 18.4 Å². The Morgan fingerprint density at radius 2 is 2.08 bits per heavy atom. The third-order valence-electron chi connectivity index (χ3n) is 5.27. The summed E-state index contributed by atoms with van der Waals surface area (Å²) < 4.78 is 11.5. The number of carbonyl (C=O) groups is 1. The fourth-order valence-corrected chi connectivity index (χ4v) is 3.85. The standard InChI is InChI=1S/C19H25N3O3/c20-13-15-3-1-2-4-17(15)24-12-10-22-8-5-14(6-9-22)18-16(19(21)23)7-11-25-18/h1-4,14,16,18H,5-12H2,(H2,21,23)/t16-,18+/m0/s1. The normalized spacial score (nSPS) is 24.8. The first kappa shape index (κ1) is 17.7. The van der Waals surface area contributed by atoms with Gasteiger partial charge in [-0.3, -0.25) is 9.69 Å². The van der Waals surface area contributed by atoms with E-state index in [4.69, 9.17) is 20.5 Å². The van der Waals surface area contributed by atoms with E-state index in [1.807, 2.05) is 18.2 Å². The summed E-state index contributed by atoms with van der Waals surface area (Å²) in [6.07, 6.45) is 2.79. The van der Waals surface area contributed by atoms with E-state index in [9.17, 15) is 4.79 Å². The van der Waals surface area contributed by atoms with Gasteiger partial charge in [-0.15, -0.1) is 0 Å². The fourth-order valence-electron chi connectivity index (χ4n) is 3.85. The van der Waals surface area contributed by atoms with E-state index in [1.165, 1.54) is 0 Å². The second kappa shape index (κ2) is 8.32. The largest absolute Gasteiger partial charge is 0.491 e. The van der Waals surface area contributed by atoms with Crippen LogP contribution in [0.25, 0.3) is 0 Å². The number of piperidine rings is 1. The predicted octanol–water partition coefficient (Wildman–Crippen LogP) is 1.54. The first-order valence-electron chi connectivity index (χ1n) is 8.94. The van der Waals surface area contributed by atoms with Crippen LogP contribution >= 0.6 is 0 Å². The van der Waals surface area contributed by atoms with Crippen LogP contribution in [-0.2, 0) is 9.53 Å². The summed E-state index contributed by atoms with van der Waals surface area (Å²) in [5.41, 5.74) is 6.06. The van der Waals surface area contributed by atoms with Crippen LogP contribution in [0.1, 0.15) is 24.8 Å². The molecule has 134 valence electrons. The Balaban J connectivity index is 1.42. The minimum absolute atomic E-state index is 0.00148. The summed E-state index contributed by atoms with van der Waals surface area (Å²) in [5, 5.41) is 9.07. The zero-order valence-corrected chi connectivity index (χ0v) is 14.4. The van der Waals surface area contributed by atoms with Crippen LogP contribution in [0.4, 0.5) is 0 Å². The lowest BCUT2D eigenvalue weighted by Gasteiger charge is -2.35. The Labute approximate surface area is 148 Å². The molecule has 0 aromatic heterocycles. The molecule has 2 N–H and O–H groups in total. The van der Waals surface area contributed by atoms with E-state index in [2.05, 4.69) is 11.0 Å². The molecule has 0 spiro atoms. The zero-order valence-electron chi connectivity index (χ0n) is 14.4. The van der Waals surface area contributed by atoms with Gasteiger partial charge in [-0.25, -0.2) is 0 Å². The van der Waals surface area contributed by atoms with Crippen molar-refractivity contribution in [3.8, 4) is 11.8 Å². The highest BCUT2D eigenvalue weighted by Crippen LogP contribution is 2.32. The molecular formula is C19H25N3O3. The van der Waals surface area contributed by atoms with Gasteiger partial charge in [-0.05, 0) is 50.4 Å². The molecule has 25 heavy (non-hydrogen) atoms. The van der Waals surface area contributed by atoms with Gasteiger partial charge in [0.05, 0.1) is 17.6 Å². The Hall–Kier alpha value is -2.10. The molecule has 2 fully saturated rings. The number of hydrogen-bond acceptors (Lipinski definition) is 5. The summed E-state index contributed by atoms with van der Waals surface area (Å²) in [6.45, 7) is 3.98. The second-order valence-corrected chi connectivity index (χ2v) is 6.77. The summed E-state index contributed by atoms with van der Waals surface area (Å²) in [6, 6.07) is 9.44. The summed E-state index contributed by atoms with van der Waals surface area (Å²) in [5.74, 6) is 0.705. The molecule has 0 aliphatic carbocycles. The number of nitrogens with two attached hydrogens (primary N) is 1. The Morgan fingerprint density at radius 1 is 1.32 bits per heavy atom. The van der Waals surface area contributed by atoms with Crippen molar-refractivity contribution in [2.75, 3.05) is 32.8 Å². The van der Waals surface area contributed by atoms with Crippen LogP contribution in [0.5, 0.6) is 5.75 Å². The number of para-hydroxylation sites is 1. The van der Waals surface area contributed by atoms with Crippen molar-refractivity contribution in [1.29, 1.82) is 5.26 Å². The molecule has 0 saturated carbocycles. The molecule has 2 aliphatic rings. The molecular weight excluding hydrogens is 318 g/mol. The van der Waals surface area contributed by atoms with Crippen LogP contribution in [0, 0.1) is 23.2 Å². The monoisotopic (exact) mass is 343 g/mol. The SMILES string of the molecule is N#Cc1ccccc1OCCN1CCC([C@H]2OCC[C@@H]2C(N)=O)CC1. The number of rotatable bonds is 6. The van der Waals surface area contributed by atoms with Crippen molar-refractivity contribution in [1.82, 2.24) is 4.90 Å². The van der Waals surface area contributed by atoms with Gasteiger partial charge in [-0.1, -0.05) is 12.1 Å². The maximum atomic E-state index is 11.5. The van der Waals surface area contributed by atoms with Crippen LogP contribution in [0.3, 0.4) is 0 Å². The van der Waals surface area contributed by atoms with Gasteiger partial charge in [0.15, 0.2) is 0 Å². The summed E-state index contributed by atoms with van der Waals surface area (Å²) >= 11 is 0. The van der Waals surface area contributed by atoms with E-state index in [-0.39, 0.29) is 17.9 Å². The van der Waals surface area contributed by atoms with Gasteiger partial charge in [0.2, 0.25) is 5.91 Å². The first-order chi connectivity index (χ1) is 12.2. The van der Waals surface area contributed by atoms with Crippen LogP contribution in [0.2, 0.25) is 0 Å². The third kappa shape index (κ3) is 4.30. The molecule has 2 atom stereocenters. The fraction of sp³-hybridized carbons (Fsp3) is 0.579. The van der Waals surface area contributed by atoms with Gasteiger partial charge < -0.3 is 15.2 Å². The number of ether oxygens (including phenoxy) is 2. The molecule has 2 heterocycles. The number of hydrogen-bond donors (Lipinski definition) is 1. The highest BCUT2D eigenvalue weighted by Gasteiger charge is 2.39. The second-order valence-electron chi connectivity index (χ2n) is 6.77. The molecule has 1 aromatic rings. The zero-order chi connectivity index (χ0) is 17.6. The number of nitrogens with zero attached hydrogens (tertiary/aromatic N) is 2. The van der Waals surface area contributed by atoms with Crippen molar-refractivity contribution in [3.63, 3.8) is 0 Å². The third-order valence-corrected chi connectivity index (χ3v) is 5.27. The van der Waals surface area contributed by atoms with Crippen molar-refractivity contribution in [3.05, 3.63) is 29.8 Å². The van der Waals surface area contributed by atoms with E-state index in [0.29, 0.717) is 30.4 Å². The Kier molecular flexibility index (Phi) is 5.90. The molecule has 1 aromatic carbocycles. The Morgan fingerprint density at radius 3 is 2.80 bits per heavy atom. The molecule has 0 unspecified atom stereocenters. The highest BCUT2D eigenvalue weighted by atomic mass is 16.5. The number of primary amides is 1. The minimum atomic E-state index is -0.227. The van der Waals surface area contributed by atoms with E-state index < -0.39 is 0 Å². The average Bonchev–Trinajstić information content (AvgIpc) is 3.13. The molecule has 2 saturated heterocycles. The van der Waals surface area contributed by atoms with Crippen molar-refractivity contribution >= 4 is 5.91 Å². The quantitative estimate of drug-likeness (QED) is 0.846. The number of carbonyl (C=O) groups excluding carboxylic acids is 1. The number of benzene rings is 1. The van der Waals surface area contributed by atoms with Crippen molar-refractivity contribution in [2.45, 2.75) is 25.4 Å². The van der Waals surface area contributed by atoms with Crippen molar-refractivity contribution < 1.29 is 14.3 Å². The minimum Gasteiger partial charge on any atom is -0.491 e. The van der Waals surface area contributed by atoms with Gasteiger partial charge in [0.25, 0.3) is 0 Å². The smallest absolute Gasteiger partial charge is 0.223 e. The first-order valence-corrected chi connectivity index (χ1v) is 8.94. The van der Waals surface area contributed by atoms with Gasteiger partial charge in [0, 0.05) is 13.2 Å². The van der Waals surface area contributed by atoms with Gasteiger partial charge >= 0.3 is 0 Å². The lowest BCUT2D eigenvalue weighted by Crippen LogP contribution is -2.43. The molecule has 3 rings (SSSR count).